The highest BCUT2D eigenvalue weighted by Crippen LogP contribution is 2.24. The maximum Gasteiger partial charge on any atom is 0.244 e. The van der Waals surface area contributed by atoms with Gasteiger partial charge in [-0.05, 0) is 30.7 Å². The smallest absolute Gasteiger partial charge is 0.244 e. The quantitative estimate of drug-likeness (QED) is 0.888. The number of sulfonamides is 1. The Hall–Kier alpha value is -1.13. The number of benzene rings is 1. The number of halogens is 1. The molecule has 1 unspecified atom stereocenters. The third kappa shape index (κ3) is 2.74. The second kappa shape index (κ2) is 5.47. The molecule has 1 aliphatic rings. The van der Waals surface area contributed by atoms with Gasteiger partial charge in [-0.25, -0.2) is 8.42 Å². The van der Waals surface area contributed by atoms with Crippen molar-refractivity contribution in [1.29, 1.82) is 5.26 Å². The number of nitrogens with one attached hydrogen (secondary N) is 1. The van der Waals surface area contributed by atoms with Crippen molar-refractivity contribution in [1.82, 2.24) is 9.62 Å². The van der Waals surface area contributed by atoms with E-state index < -0.39 is 16.1 Å². The van der Waals surface area contributed by atoms with Crippen LogP contribution in [0.25, 0.3) is 0 Å². The van der Waals surface area contributed by atoms with E-state index in [9.17, 15) is 8.42 Å². The van der Waals surface area contributed by atoms with Crippen molar-refractivity contribution in [2.24, 2.45) is 0 Å². The van der Waals surface area contributed by atoms with Crippen molar-refractivity contribution in [3.8, 4) is 6.07 Å². The Morgan fingerprint density at radius 3 is 2.89 bits per heavy atom. The molecule has 5 nitrogen and oxygen atoms in total. The SMILES string of the molecule is Cc1cc(Cl)ccc1S(=O)(=O)N1CCNCC1C#N. The zero-order valence-corrected chi connectivity index (χ0v) is 12.0. The van der Waals surface area contributed by atoms with E-state index in [2.05, 4.69) is 5.32 Å². The second-order valence-corrected chi connectivity index (χ2v) is 6.67. The predicted octanol–water partition coefficient (Wildman–Crippen LogP) is 1.13. The molecule has 1 heterocycles. The lowest BCUT2D eigenvalue weighted by Crippen LogP contribution is -2.52. The number of rotatable bonds is 2. The van der Waals surface area contributed by atoms with Crippen LogP contribution in [0, 0.1) is 18.3 Å². The molecule has 2 rings (SSSR count). The molecule has 1 aliphatic heterocycles. The summed E-state index contributed by atoms with van der Waals surface area (Å²) in [6.07, 6.45) is 0. The summed E-state index contributed by atoms with van der Waals surface area (Å²) in [6.45, 7) is 2.89. The fraction of sp³-hybridized carbons (Fsp3) is 0.417. The topological polar surface area (TPSA) is 73.2 Å². The Balaban J connectivity index is 2.44. The van der Waals surface area contributed by atoms with Gasteiger partial charge in [0.2, 0.25) is 10.0 Å². The molecule has 1 atom stereocenters. The first-order valence-corrected chi connectivity index (χ1v) is 7.67. The van der Waals surface area contributed by atoms with Crippen molar-refractivity contribution in [3.63, 3.8) is 0 Å². The van der Waals surface area contributed by atoms with Gasteiger partial charge in [0, 0.05) is 24.7 Å². The number of nitriles is 1. The van der Waals surface area contributed by atoms with Gasteiger partial charge in [0.25, 0.3) is 0 Å². The van der Waals surface area contributed by atoms with Gasteiger partial charge < -0.3 is 5.32 Å². The van der Waals surface area contributed by atoms with Crippen molar-refractivity contribution >= 4 is 21.6 Å². The Bertz CT molecular complexity index is 624. The van der Waals surface area contributed by atoms with Crippen LogP contribution >= 0.6 is 11.6 Å². The lowest BCUT2D eigenvalue weighted by Gasteiger charge is -2.31. The standard InChI is InChI=1S/C12H14ClN3O2S/c1-9-6-10(13)2-3-12(9)19(17,18)16-5-4-15-8-11(16)7-14/h2-3,6,11,15H,4-5,8H2,1H3. The monoisotopic (exact) mass is 299 g/mol. The maximum atomic E-state index is 12.6. The van der Waals surface area contributed by atoms with Gasteiger partial charge in [-0.1, -0.05) is 11.6 Å². The highest BCUT2D eigenvalue weighted by atomic mass is 35.5. The minimum Gasteiger partial charge on any atom is -0.313 e. The molecule has 1 saturated heterocycles. The average molecular weight is 300 g/mol. The number of nitrogens with zero attached hydrogens (tertiary/aromatic N) is 2. The summed E-state index contributed by atoms with van der Waals surface area (Å²) in [6, 6.07) is 5.99. The average Bonchev–Trinajstić information content (AvgIpc) is 2.38. The minimum absolute atomic E-state index is 0.207. The summed E-state index contributed by atoms with van der Waals surface area (Å²) in [5, 5.41) is 12.6. The first-order chi connectivity index (χ1) is 8.96. The second-order valence-electron chi connectivity index (χ2n) is 4.37. The predicted molar refractivity (Wildman–Crippen MR) is 72.4 cm³/mol. The number of hydrogen-bond donors (Lipinski definition) is 1. The lowest BCUT2D eigenvalue weighted by atomic mass is 10.2. The fourth-order valence-corrected chi connectivity index (χ4v) is 4.09. The van der Waals surface area contributed by atoms with Crippen LogP contribution in [0.5, 0.6) is 0 Å². The van der Waals surface area contributed by atoms with Gasteiger partial charge in [0.1, 0.15) is 6.04 Å². The Morgan fingerprint density at radius 2 is 2.26 bits per heavy atom. The molecule has 1 aromatic carbocycles. The van der Waals surface area contributed by atoms with Crippen LogP contribution in [0.1, 0.15) is 5.56 Å². The number of hydrogen-bond acceptors (Lipinski definition) is 4. The molecule has 1 aromatic rings. The number of piperazine rings is 1. The normalized spacial score (nSPS) is 21.0. The largest absolute Gasteiger partial charge is 0.313 e. The van der Waals surface area contributed by atoms with Crippen molar-refractivity contribution in [2.45, 2.75) is 17.9 Å². The highest BCUT2D eigenvalue weighted by molar-refractivity contribution is 7.89. The molecule has 0 aromatic heterocycles. The van der Waals surface area contributed by atoms with Crippen molar-refractivity contribution in [3.05, 3.63) is 28.8 Å². The van der Waals surface area contributed by atoms with E-state index in [0.717, 1.165) is 0 Å². The fourth-order valence-electron chi connectivity index (χ4n) is 2.11. The minimum atomic E-state index is -3.66. The maximum absolute atomic E-state index is 12.6. The van der Waals surface area contributed by atoms with Crippen LogP contribution < -0.4 is 5.32 Å². The summed E-state index contributed by atoms with van der Waals surface area (Å²) in [5.74, 6) is 0. The zero-order valence-electron chi connectivity index (χ0n) is 10.4. The third-order valence-corrected chi connectivity index (χ3v) is 5.37. The molecule has 0 bridgehead atoms. The molecule has 0 aliphatic carbocycles. The third-order valence-electron chi connectivity index (χ3n) is 3.07. The molecular formula is C12H14ClN3O2S. The molecule has 0 amide bonds. The summed E-state index contributed by atoms with van der Waals surface area (Å²) >= 11 is 5.84. The lowest BCUT2D eigenvalue weighted by molar-refractivity contribution is 0.311. The highest BCUT2D eigenvalue weighted by Gasteiger charge is 2.34. The van der Waals surface area contributed by atoms with Crippen molar-refractivity contribution in [2.75, 3.05) is 19.6 Å². The van der Waals surface area contributed by atoms with E-state index in [-0.39, 0.29) is 4.90 Å². The van der Waals surface area contributed by atoms with Crippen LogP contribution in [0.2, 0.25) is 5.02 Å². The van der Waals surface area contributed by atoms with Gasteiger partial charge >= 0.3 is 0 Å². The Morgan fingerprint density at radius 1 is 1.53 bits per heavy atom. The Kier molecular flexibility index (Phi) is 4.11. The summed E-state index contributed by atoms with van der Waals surface area (Å²) < 4.78 is 26.4. The van der Waals surface area contributed by atoms with Crippen LogP contribution in [0.15, 0.2) is 23.1 Å². The Labute approximate surface area is 117 Å². The summed E-state index contributed by atoms with van der Waals surface area (Å²) in [7, 11) is -3.66. The molecule has 7 heteroatoms. The first-order valence-electron chi connectivity index (χ1n) is 5.85. The molecule has 0 saturated carbocycles. The van der Waals surface area contributed by atoms with Gasteiger partial charge in [-0.15, -0.1) is 0 Å². The molecular weight excluding hydrogens is 286 g/mol. The summed E-state index contributed by atoms with van der Waals surface area (Å²) in [5.41, 5.74) is 0.586. The van der Waals surface area contributed by atoms with Gasteiger partial charge in [-0.3, -0.25) is 0 Å². The van der Waals surface area contributed by atoms with Gasteiger partial charge in [0.05, 0.1) is 11.0 Å². The van der Waals surface area contributed by atoms with Gasteiger partial charge in [-0.2, -0.15) is 9.57 Å². The molecule has 1 fully saturated rings. The van der Waals surface area contributed by atoms with E-state index in [1.54, 1.807) is 19.1 Å². The molecule has 0 radical (unpaired) electrons. The van der Waals surface area contributed by atoms with Gasteiger partial charge in [0.15, 0.2) is 0 Å². The van der Waals surface area contributed by atoms with E-state index in [4.69, 9.17) is 16.9 Å². The number of aryl methyl sites for hydroxylation is 1. The van der Waals surface area contributed by atoms with E-state index in [1.165, 1.54) is 10.4 Å². The molecule has 19 heavy (non-hydrogen) atoms. The summed E-state index contributed by atoms with van der Waals surface area (Å²) in [4.78, 5) is 0.207. The van der Waals surface area contributed by atoms with E-state index in [0.29, 0.717) is 30.2 Å². The molecule has 0 spiro atoms. The van der Waals surface area contributed by atoms with Crippen LogP contribution in [0.4, 0.5) is 0 Å². The van der Waals surface area contributed by atoms with Crippen molar-refractivity contribution < 1.29 is 8.42 Å². The van der Waals surface area contributed by atoms with Crippen LogP contribution in [-0.4, -0.2) is 38.4 Å². The molecule has 1 N–H and O–H groups in total. The van der Waals surface area contributed by atoms with Crippen LogP contribution in [0.3, 0.4) is 0 Å². The molecule has 102 valence electrons. The first kappa shape index (κ1) is 14.3. The zero-order chi connectivity index (χ0) is 14.0. The van der Waals surface area contributed by atoms with E-state index >= 15 is 0 Å². The van der Waals surface area contributed by atoms with Crippen LogP contribution in [-0.2, 0) is 10.0 Å². The van der Waals surface area contributed by atoms with E-state index in [1.807, 2.05) is 6.07 Å².